The topological polar surface area (TPSA) is 138 Å². The van der Waals surface area contributed by atoms with Crippen molar-refractivity contribution < 1.29 is 17.5 Å². The van der Waals surface area contributed by atoms with Crippen LogP contribution in [0.15, 0.2) is 53.3 Å². The summed E-state index contributed by atoms with van der Waals surface area (Å²) in [6, 6.07) is 10.1. The van der Waals surface area contributed by atoms with Gasteiger partial charge in [0.25, 0.3) is 0 Å². The molecule has 15 heteroatoms. The maximum Gasteiger partial charge on any atom is 0.229 e. The van der Waals surface area contributed by atoms with Gasteiger partial charge in [-0.15, -0.1) is 0 Å². The maximum absolute atomic E-state index is 13.9. The Balaban J connectivity index is 1.32. The first-order valence-electron chi connectivity index (χ1n) is 13.5. The van der Waals surface area contributed by atoms with Crippen molar-refractivity contribution in [2.75, 3.05) is 52.0 Å². The van der Waals surface area contributed by atoms with Gasteiger partial charge in [0.1, 0.15) is 23.2 Å². The molecule has 0 amide bonds. The highest BCUT2D eigenvalue weighted by atomic mass is 79.9. The van der Waals surface area contributed by atoms with Gasteiger partial charge in [0.2, 0.25) is 16.0 Å². The van der Waals surface area contributed by atoms with Gasteiger partial charge < -0.3 is 25.6 Å². The monoisotopic (exact) mass is 673 g/mol. The summed E-state index contributed by atoms with van der Waals surface area (Å²) in [7, 11) is -0.0979. The second-order valence-corrected chi connectivity index (χ2v) is 12.9. The molecular formula is C28H33BrFN9O3S. The van der Waals surface area contributed by atoms with Gasteiger partial charge in [-0.1, -0.05) is 0 Å². The van der Waals surface area contributed by atoms with Gasteiger partial charge in [0.15, 0.2) is 0 Å². The molecule has 4 aromatic rings. The van der Waals surface area contributed by atoms with Crippen LogP contribution in [0.4, 0.5) is 44.7 Å². The zero-order valence-corrected chi connectivity index (χ0v) is 26.6. The molecule has 43 heavy (non-hydrogen) atoms. The standard InChI is InChI=1S/C28H33BrFN9O3S/c1-17-13-23(25(42-3)15-24(17)39-11-8-19(9-12-39)33-26-7-10-32-38(26)2)35-28-31-16-20(29)27(36-28)34-21-6-5-18(30)14-22(21)37-43(4,40)41/h5-7,10,13-16,19,33,37H,8-9,11-12H2,1-4H3,(H2,31,34,35,36). The molecule has 0 atom stereocenters. The van der Waals surface area contributed by atoms with E-state index >= 15 is 0 Å². The number of anilines is 7. The molecule has 0 spiro atoms. The van der Waals surface area contributed by atoms with E-state index in [9.17, 15) is 12.8 Å². The predicted octanol–water partition coefficient (Wildman–Crippen LogP) is 5.37. The third-order valence-corrected chi connectivity index (χ3v) is 8.22. The van der Waals surface area contributed by atoms with Crippen LogP contribution in [0.5, 0.6) is 5.75 Å². The highest BCUT2D eigenvalue weighted by molar-refractivity contribution is 9.10. The molecule has 0 radical (unpaired) electrons. The number of ether oxygens (including phenoxy) is 1. The first-order chi connectivity index (χ1) is 20.5. The number of nitrogens with zero attached hydrogens (tertiary/aromatic N) is 5. The Morgan fingerprint density at radius 3 is 2.51 bits per heavy atom. The molecule has 0 saturated carbocycles. The van der Waals surface area contributed by atoms with Crippen molar-refractivity contribution in [3.63, 3.8) is 0 Å². The smallest absolute Gasteiger partial charge is 0.229 e. The van der Waals surface area contributed by atoms with Gasteiger partial charge >= 0.3 is 0 Å². The Morgan fingerprint density at radius 2 is 1.84 bits per heavy atom. The Bertz CT molecular complexity index is 1730. The normalized spacial score (nSPS) is 14.0. The second-order valence-electron chi connectivity index (χ2n) is 10.3. The molecule has 0 unspecified atom stereocenters. The summed E-state index contributed by atoms with van der Waals surface area (Å²) in [5, 5.41) is 14.1. The van der Waals surface area contributed by atoms with E-state index < -0.39 is 15.8 Å². The summed E-state index contributed by atoms with van der Waals surface area (Å²) < 4.78 is 47.9. The van der Waals surface area contributed by atoms with Crippen LogP contribution >= 0.6 is 15.9 Å². The number of rotatable bonds is 10. The molecule has 1 fully saturated rings. The van der Waals surface area contributed by atoms with Crippen molar-refractivity contribution in [2.45, 2.75) is 25.8 Å². The number of aromatic nitrogens is 4. The number of nitrogens with one attached hydrogen (secondary N) is 4. The lowest BCUT2D eigenvalue weighted by Crippen LogP contribution is -2.39. The predicted molar refractivity (Wildman–Crippen MR) is 171 cm³/mol. The molecule has 5 rings (SSSR count). The molecule has 1 saturated heterocycles. The summed E-state index contributed by atoms with van der Waals surface area (Å²) in [4.78, 5) is 11.3. The lowest BCUT2D eigenvalue weighted by atomic mass is 10.0. The summed E-state index contributed by atoms with van der Waals surface area (Å²) in [5.74, 6) is 1.68. The third kappa shape index (κ3) is 7.46. The number of methoxy groups -OCH3 is 1. The molecule has 2 aromatic heterocycles. The Kier molecular flexibility index (Phi) is 8.92. The number of benzene rings is 2. The zero-order chi connectivity index (χ0) is 30.7. The van der Waals surface area contributed by atoms with Crippen LogP contribution in [0, 0.1) is 12.7 Å². The molecule has 12 nitrogen and oxygen atoms in total. The Labute approximate surface area is 258 Å². The summed E-state index contributed by atoms with van der Waals surface area (Å²) in [5.41, 5.74) is 3.22. The van der Waals surface area contributed by atoms with Crippen molar-refractivity contribution in [3.8, 4) is 5.75 Å². The van der Waals surface area contributed by atoms with Crippen molar-refractivity contribution in [3.05, 3.63) is 64.6 Å². The van der Waals surface area contributed by atoms with Crippen molar-refractivity contribution in [1.29, 1.82) is 0 Å². The van der Waals surface area contributed by atoms with Gasteiger partial charge in [-0.2, -0.15) is 10.1 Å². The largest absolute Gasteiger partial charge is 0.494 e. The average Bonchev–Trinajstić information content (AvgIpc) is 3.35. The van der Waals surface area contributed by atoms with Crippen LogP contribution in [0.25, 0.3) is 0 Å². The molecule has 0 bridgehead atoms. The molecular weight excluding hydrogens is 641 g/mol. The SMILES string of the molecule is COc1cc(N2CCC(Nc3ccnn3C)CC2)c(C)cc1Nc1ncc(Br)c(Nc2ccc(F)cc2NS(C)(=O)=O)n1. The fourth-order valence-electron chi connectivity index (χ4n) is 4.95. The van der Waals surface area contributed by atoms with E-state index in [1.54, 1.807) is 19.5 Å². The highest BCUT2D eigenvalue weighted by Crippen LogP contribution is 2.37. The minimum Gasteiger partial charge on any atom is -0.494 e. The molecule has 3 heterocycles. The summed E-state index contributed by atoms with van der Waals surface area (Å²) in [6.07, 6.45) is 6.33. The van der Waals surface area contributed by atoms with E-state index in [1.807, 2.05) is 29.9 Å². The lowest BCUT2D eigenvalue weighted by Gasteiger charge is -2.35. The van der Waals surface area contributed by atoms with E-state index in [2.05, 4.69) is 63.5 Å². The van der Waals surface area contributed by atoms with Crippen LogP contribution in [0.2, 0.25) is 0 Å². The van der Waals surface area contributed by atoms with Crippen molar-refractivity contribution in [1.82, 2.24) is 19.7 Å². The number of halogens is 2. The van der Waals surface area contributed by atoms with Gasteiger partial charge in [0.05, 0.1) is 41.1 Å². The number of piperidine rings is 1. The van der Waals surface area contributed by atoms with Crippen LogP contribution in [-0.4, -0.2) is 60.7 Å². The quantitative estimate of drug-likeness (QED) is 0.174. The third-order valence-electron chi connectivity index (χ3n) is 7.05. The molecule has 2 aromatic carbocycles. The minimum atomic E-state index is -3.64. The van der Waals surface area contributed by atoms with Crippen LogP contribution in [-0.2, 0) is 17.1 Å². The van der Waals surface area contributed by atoms with E-state index in [4.69, 9.17) is 4.74 Å². The number of hydrogen-bond donors (Lipinski definition) is 4. The van der Waals surface area contributed by atoms with Crippen LogP contribution in [0.1, 0.15) is 18.4 Å². The second kappa shape index (κ2) is 12.6. The Morgan fingerprint density at radius 1 is 1.07 bits per heavy atom. The molecule has 228 valence electrons. The molecule has 0 aliphatic carbocycles. The zero-order valence-electron chi connectivity index (χ0n) is 24.1. The first-order valence-corrected chi connectivity index (χ1v) is 16.2. The molecule has 1 aliphatic rings. The first kappa shape index (κ1) is 30.4. The summed E-state index contributed by atoms with van der Waals surface area (Å²) >= 11 is 3.42. The van der Waals surface area contributed by atoms with Gasteiger partial charge in [0, 0.05) is 56.3 Å². The van der Waals surface area contributed by atoms with E-state index in [-0.39, 0.29) is 11.6 Å². The molecule has 4 N–H and O–H groups in total. The maximum atomic E-state index is 13.9. The van der Waals surface area contributed by atoms with Crippen LogP contribution < -0.4 is 30.3 Å². The number of hydrogen-bond acceptors (Lipinski definition) is 10. The Hall–Kier alpha value is -4.11. The van der Waals surface area contributed by atoms with Gasteiger partial charge in [-0.25, -0.2) is 17.8 Å². The number of sulfonamides is 1. The average molecular weight is 675 g/mol. The van der Waals surface area contributed by atoms with E-state index in [0.29, 0.717) is 33.5 Å². The van der Waals surface area contributed by atoms with Gasteiger partial charge in [-0.05, 0) is 59.5 Å². The highest BCUT2D eigenvalue weighted by Gasteiger charge is 2.23. The number of aryl methyl sites for hydroxylation is 2. The van der Waals surface area contributed by atoms with Crippen LogP contribution in [0.3, 0.4) is 0 Å². The minimum absolute atomic E-state index is 0.0483. The summed E-state index contributed by atoms with van der Waals surface area (Å²) in [6.45, 7) is 3.85. The fourth-order valence-corrected chi connectivity index (χ4v) is 5.81. The van der Waals surface area contributed by atoms with E-state index in [0.717, 1.165) is 55.3 Å². The van der Waals surface area contributed by atoms with Gasteiger partial charge in [-0.3, -0.25) is 9.40 Å². The van der Waals surface area contributed by atoms with Crippen molar-refractivity contribution >= 4 is 66.3 Å². The van der Waals surface area contributed by atoms with E-state index in [1.165, 1.54) is 12.1 Å². The lowest BCUT2D eigenvalue weighted by molar-refractivity contribution is 0.416. The molecule has 1 aliphatic heterocycles. The van der Waals surface area contributed by atoms with Crippen molar-refractivity contribution in [2.24, 2.45) is 7.05 Å². The fraction of sp³-hybridized carbons (Fsp3) is 0.321.